The predicted octanol–water partition coefficient (Wildman–Crippen LogP) is 2.43. The summed E-state index contributed by atoms with van der Waals surface area (Å²) in [6.07, 6.45) is 6.89. The molecule has 0 radical (unpaired) electrons. The van der Waals surface area contributed by atoms with Gasteiger partial charge in [-0.1, -0.05) is 39.5 Å². The van der Waals surface area contributed by atoms with E-state index >= 15 is 0 Å². The molecule has 0 aliphatic rings. The minimum Gasteiger partial charge on any atom is -0.325 e. The van der Waals surface area contributed by atoms with Gasteiger partial charge in [0.05, 0.1) is 5.69 Å². The number of aromatic nitrogens is 1. The van der Waals surface area contributed by atoms with Crippen molar-refractivity contribution < 1.29 is 8.42 Å². The molecular weight excluding hydrogens is 286 g/mol. The molecule has 21 heavy (non-hydrogen) atoms. The second-order valence-corrected chi connectivity index (χ2v) is 7.45. The fourth-order valence-corrected chi connectivity index (χ4v) is 3.03. The Morgan fingerprint density at radius 1 is 1.19 bits per heavy atom. The van der Waals surface area contributed by atoms with Crippen molar-refractivity contribution in [1.82, 2.24) is 9.71 Å². The largest absolute Gasteiger partial charge is 0.325 e. The van der Waals surface area contributed by atoms with Crippen LogP contribution in [-0.2, 0) is 16.6 Å². The molecular formula is C15H27N3O2S. The SMILES string of the molecule is CC(C)CCCCCCNS(=O)(=O)c1ccc(CN)nc1. The lowest BCUT2D eigenvalue weighted by atomic mass is 10.0. The topological polar surface area (TPSA) is 85.1 Å². The summed E-state index contributed by atoms with van der Waals surface area (Å²) in [7, 11) is -3.44. The molecule has 1 heterocycles. The first-order valence-corrected chi connectivity index (χ1v) is 9.08. The molecule has 5 nitrogen and oxygen atoms in total. The van der Waals surface area contributed by atoms with Crippen LogP contribution in [-0.4, -0.2) is 19.9 Å². The molecule has 0 saturated heterocycles. The van der Waals surface area contributed by atoms with E-state index in [4.69, 9.17) is 5.73 Å². The summed E-state index contributed by atoms with van der Waals surface area (Å²) in [6, 6.07) is 3.18. The summed E-state index contributed by atoms with van der Waals surface area (Å²) >= 11 is 0. The van der Waals surface area contributed by atoms with Crippen molar-refractivity contribution >= 4 is 10.0 Å². The van der Waals surface area contributed by atoms with Gasteiger partial charge >= 0.3 is 0 Å². The third-order valence-electron chi connectivity index (χ3n) is 3.32. The van der Waals surface area contributed by atoms with Crippen molar-refractivity contribution in [3.63, 3.8) is 0 Å². The van der Waals surface area contributed by atoms with Gasteiger partial charge in [-0.2, -0.15) is 0 Å². The van der Waals surface area contributed by atoms with Crippen molar-refractivity contribution in [2.24, 2.45) is 11.7 Å². The predicted molar refractivity (Wildman–Crippen MR) is 85.2 cm³/mol. The molecule has 0 saturated carbocycles. The highest BCUT2D eigenvalue weighted by atomic mass is 32.2. The number of nitrogens with one attached hydrogen (secondary N) is 1. The van der Waals surface area contributed by atoms with Gasteiger partial charge in [0.1, 0.15) is 4.90 Å². The Labute approximate surface area is 128 Å². The van der Waals surface area contributed by atoms with E-state index in [1.54, 1.807) is 12.1 Å². The van der Waals surface area contributed by atoms with Gasteiger partial charge in [-0.3, -0.25) is 4.98 Å². The van der Waals surface area contributed by atoms with Crippen LogP contribution >= 0.6 is 0 Å². The van der Waals surface area contributed by atoms with Gasteiger partial charge in [-0.05, 0) is 24.5 Å². The Morgan fingerprint density at radius 2 is 1.90 bits per heavy atom. The van der Waals surface area contributed by atoms with Crippen LogP contribution < -0.4 is 10.5 Å². The smallest absolute Gasteiger partial charge is 0.242 e. The molecule has 0 unspecified atom stereocenters. The molecule has 0 amide bonds. The molecule has 0 spiro atoms. The van der Waals surface area contributed by atoms with E-state index in [9.17, 15) is 8.42 Å². The van der Waals surface area contributed by atoms with Crippen molar-refractivity contribution in [1.29, 1.82) is 0 Å². The number of pyridine rings is 1. The second kappa shape index (κ2) is 9.12. The van der Waals surface area contributed by atoms with E-state index in [-0.39, 0.29) is 4.90 Å². The van der Waals surface area contributed by atoms with Gasteiger partial charge in [0.2, 0.25) is 10.0 Å². The molecule has 1 aromatic rings. The monoisotopic (exact) mass is 313 g/mol. The fourth-order valence-electron chi connectivity index (χ4n) is 2.01. The van der Waals surface area contributed by atoms with Crippen LogP contribution in [0.15, 0.2) is 23.2 Å². The number of unbranched alkanes of at least 4 members (excludes halogenated alkanes) is 3. The summed E-state index contributed by atoms with van der Waals surface area (Å²) in [5.74, 6) is 0.743. The third kappa shape index (κ3) is 7.02. The minimum atomic E-state index is -3.44. The standard InChI is InChI=1S/C15H27N3O2S/c1-13(2)7-5-3-4-6-10-18-21(19,20)15-9-8-14(11-16)17-12-15/h8-9,12-13,18H,3-7,10-11,16H2,1-2H3. The first-order chi connectivity index (χ1) is 9.95. The Bertz CT molecular complexity index is 498. The van der Waals surface area contributed by atoms with E-state index in [0.29, 0.717) is 18.8 Å². The molecule has 0 atom stereocenters. The lowest BCUT2D eigenvalue weighted by Crippen LogP contribution is -2.25. The van der Waals surface area contributed by atoms with Crippen molar-refractivity contribution in [2.45, 2.75) is 57.4 Å². The fraction of sp³-hybridized carbons (Fsp3) is 0.667. The molecule has 6 heteroatoms. The van der Waals surface area contributed by atoms with Crippen LogP contribution in [0.4, 0.5) is 0 Å². The zero-order valence-electron chi connectivity index (χ0n) is 13.0. The summed E-state index contributed by atoms with van der Waals surface area (Å²) in [4.78, 5) is 4.20. The maximum absolute atomic E-state index is 12.0. The van der Waals surface area contributed by atoms with Crippen LogP contribution in [0.3, 0.4) is 0 Å². The van der Waals surface area contributed by atoms with Gasteiger partial charge in [0, 0.05) is 19.3 Å². The van der Waals surface area contributed by atoms with Gasteiger partial charge in [0.25, 0.3) is 0 Å². The number of hydrogen-bond acceptors (Lipinski definition) is 4. The van der Waals surface area contributed by atoms with Crippen LogP contribution in [0, 0.1) is 5.92 Å². The molecule has 0 fully saturated rings. The quantitative estimate of drug-likeness (QED) is 0.650. The third-order valence-corrected chi connectivity index (χ3v) is 4.76. The minimum absolute atomic E-state index is 0.194. The number of rotatable bonds is 10. The first-order valence-electron chi connectivity index (χ1n) is 7.60. The van der Waals surface area contributed by atoms with Crippen molar-refractivity contribution in [3.05, 3.63) is 24.0 Å². The molecule has 0 aliphatic heterocycles. The highest BCUT2D eigenvalue weighted by Crippen LogP contribution is 2.10. The zero-order chi connectivity index (χ0) is 15.7. The van der Waals surface area contributed by atoms with Crippen LogP contribution in [0.5, 0.6) is 0 Å². The highest BCUT2D eigenvalue weighted by Gasteiger charge is 2.13. The number of nitrogens with two attached hydrogens (primary N) is 1. The molecule has 0 aliphatic carbocycles. The zero-order valence-corrected chi connectivity index (χ0v) is 13.8. The molecule has 3 N–H and O–H groups in total. The Hall–Kier alpha value is -0.980. The van der Waals surface area contributed by atoms with E-state index in [1.165, 1.54) is 19.0 Å². The highest BCUT2D eigenvalue weighted by molar-refractivity contribution is 7.89. The average Bonchev–Trinajstić information content (AvgIpc) is 2.46. The molecule has 1 aromatic heterocycles. The average molecular weight is 313 g/mol. The molecule has 0 aromatic carbocycles. The second-order valence-electron chi connectivity index (χ2n) is 5.68. The lowest BCUT2D eigenvalue weighted by molar-refractivity contribution is 0.517. The Balaban J connectivity index is 2.29. The summed E-state index contributed by atoms with van der Waals surface area (Å²) in [5, 5.41) is 0. The first kappa shape index (κ1) is 18.1. The van der Waals surface area contributed by atoms with Crippen LogP contribution in [0.25, 0.3) is 0 Å². The van der Waals surface area contributed by atoms with Gasteiger partial charge < -0.3 is 5.73 Å². The van der Waals surface area contributed by atoms with Gasteiger partial charge in [0.15, 0.2) is 0 Å². The lowest BCUT2D eigenvalue weighted by Gasteiger charge is -2.07. The maximum Gasteiger partial charge on any atom is 0.242 e. The molecule has 0 bridgehead atoms. The summed E-state index contributed by atoms with van der Waals surface area (Å²) in [5.41, 5.74) is 6.12. The van der Waals surface area contributed by atoms with E-state index in [1.807, 2.05) is 0 Å². The molecule has 1 rings (SSSR count). The Morgan fingerprint density at radius 3 is 2.48 bits per heavy atom. The summed E-state index contributed by atoms with van der Waals surface area (Å²) < 4.78 is 26.7. The van der Waals surface area contributed by atoms with Crippen LogP contribution in [0.2, 0.25) is 0 Å². The number of nitrogens with zero attached hydrogens (tertiary/aromatic N) is 1. The van der Waals surface area contributed by atoms with Gasteiger partial charge in [-0.15, -0.1) is 0 Å². The molecule has 120 valence electrons. The van der Waals surface area contributed by atoms with E-state index < -0.39 is 10.0 Å². The summed E-state index contributed by atoms with van der Waals surface area (Å²) in [6.45, 7) is 5.23. The van der Waals surface area contributed by atoms with E-state index in [2.05, 4.69) is 23.6 Å². The van der Waals surface area contributed by atoms with Gasteiger partial charge in [-0.25, -0.2) is 13.1 Å². The number of sulfonamides is 1. The number of hydrogen-bond donors (Lipinski definition) is 2. The van der Waals surface area contributed by atoms with E-state index in [0.717, 1.165) is 25.2 Å². The maximum atomic E-state index is 12.0. The van der Waals surface area contributed by atoms with Crippen molar-refractivity contribution in [2.75, 3.05) is 6.54 Å². The van der Waals surface area contributed by atoms with Crippen LogP contribution in [0.1, 0.15) is 51.6 Å². The normalized spacial score (nSPS) is 12.0. The Kier molecular flexibility index (Phi) is 7.85. The van der Waals surface area contributed by atoms with Crippen molar-refractivity contribution in [3.8, 4) is 0 Å².